The number of aliphatic carboxylic acids is 1. The summed E-state index contributed by atoms with van der Waals surface area (Å²) >= 11 is 0. The van der Waals surface area contributed by atoms with Crippen molar-refractivity contribution in [2.75, 3.05) is 13.7 Å². The standard InChI is InChI=1S/C14H16FNO4/c1-8-3-4-9(5-11(8)15)13(17)16-7-10(20-2)6-12(16)14(18)19/h3-5,10,12H,6-7H2,1-2H3,(H,18,19). The third-order valence-corrected chi connectivity index (χ3v) is 3.56. The van der Waals surface area contributed by atoms with Crippen LogP contribution in [0.1, 0.15) is 22.3 Å². The fourth-order valence-corrected chi connectivity index (χ4v) is 2.32. The molecule has 1 aromatic carbocycles. The first-order valence-corrected chi connectivity index (χ1v) is 6.26. The molecule has 0 aromatic heterocycles. The summed E-state index contributed by atoms with van der Waals surface area (Å²) in [6, 6.07) is 3.20. The molecular weight excluding hydrogens is 265 g/mol. The van der Waals surface area contributed by atoms with Gasteiger partial charge >= 0.3 is 5.97 Å². The van der Waals surface area contributed by atoms with Gasteiger partial charge in [0.25, 0.3) is 5.91 Å². The molecule has 1 saturated heterocycles. The Bertz CT molecular complexity index is 546. The molecule has 5 nitrogen and oxygen atoms in total. The Hall–Kier alpha value is -1.95. The zero-order chi connectivity index (χ0) is 14.9. The molecule has 1 N–H and O–H groups in total. The fourth-order valence-electron chi connectivity index (χ4n) is 2.32. The molecule has 2 atom stereocenters. The number of carbonyl (C=O) groups is 2. The van der Waals surface area contributed by atoms with E-state index in [1.807, 2.05) is 0 Å². The smallest absolute Gasteiger partial charge is 0.326 e. The van der Waals surface area contributed by atoms with Crippen LogP contribution < -0.4 is 0 Å². The fraction of sp³-hybridized carbons (Fsp3) is 0.429. The average Bonchev–Trinajstić information content (AvgIpc) is 2.85. The van der Waals surface area contributed by atoms with E-state index in [4.69, 9.17) is 9.84 Å². The molecule has 1 aliphatic rings. The summed E-state index contributed by atoms with van der Waals surface area (Å²) in [5.74, 6) is -2.05. The van der Waals surface area contributed by atoms with E-state index in [-0.39, 0.29) is 24.6 Å². The van der Waals surface area contributed by atoms with Gasteiger partial charge in [0.2, 0.25) is 0 Å². The molecule has 20 heavy (non-hydrogen) atoms. The Morgan fingerprint density at radius 3 is 2.70 bits per heavy atom. The molecular formula is C14H16FNO4. The normalized spacial score (nSPS) is 22.1. The van der Waals surface area contributed by atoms with Crippen LogP contribution in [0.25, 0.3) is 0 Å². The molecule has 0 bridgehead atoms. The lowest BCUT2D eigenvalue weighted by molar-refractivity contribution is -0.141. The predicted octanol–water partition coefficient (Wildman–Crippen LogP) is 1.45. The highest BCUT2D eigenvalue weighted by Gasteiger charge is 2.40. The summed E-state index contributed by atoms with van der Waals surface area (Å²) < 4.78 is 18.6. The molecule has 1 fully saturated rings. The van der Waals surface area contributed by atoms with Crippen LogP contribution in [0.2, 0.25) is 0 Å². The first-order chi connectivity index (χ1) is 9.43. The number of hydrogen-bond acceptors (Lipinski definition) is 3. The minimum absolute atomic E-state index is 0.149. The predicted molar refractivity (Wildman–Crippen MR) is 69.0 cm³/mol. The van der Waals surface area contributed by atoms with Crippen molar-refractivity contribution in [1.82, 2.24) is 4.90 Å². The van der Waals surface area contributed by atoms with Gasteiger partial charge < -0.3 is 14.7 Å². The van der Waals surface area contributed by atoms with Crippen molar-refractivity contribution in [1.29, 1.82) is 0 Å². The van der Waals surface area contributed by atoms with E-state index in [0.29, 0.717) is 5.56 Å². The number of likely N-dealkylation sites (tertiary alicyclic amines) is 1. The topological polar surface area (TPSA) is 66.8 Å². The van der Waals surface area contributed by atoms with Gasteiger partial charge in [0, 0.05) is 25.6 Å². The Morgan fingerprint density at radius 2 is 2.15 bits per heavy atom. The molecule has 0 aliphatic carbocycles. The maximum absolute atomic E-state index is 13.5. The van der Waals surface area contributed by atoms with E-state index in [0.717, 1.165) is 6.07 Å². The maximum atomic E-state index is 13.5. The molecule has 0 spiro atoms. The van der Waals surface area contributed by atoms with Crippen molar-refractivity contribution in [3.05, 3.63) is 35.1 Å². The molecule has 6 heteroatoms. The SMILES string of the molecule is COC1CC(C(=O)O)N(C(=O)c2ccc(C)c(F)c2)C1. The van der Waals surface area contributed by atoms with E-state index < -0.39 is 23.7 Å². The van der Waals surface area contributed by atoms with E-state index in [1.165, 1.54) is 24.1 Å². The highest BCUT2D eigenvalue weighted by atomic mass is 19.1. The van der Waals surface area contributed by atoms with Gasteiger partial charge in [-0.05, 0) is 24.6 Å². The van der Waals surface area contributed by atoms with Crippen LogP contribution in [0.3, 0.4) is 0 Å². The Balaban J connectivity index is 2.26. The lowest BCUT2D eigenvalue weighted by Crippen LogP contribution is -2.40. The molecule has 0 radical (unpaired) electrons. The van der Waals surface area contributed by atoms with Crippen molar-refractivity contribution in [2.24, 2.45) is 0 Å². The minimum Gasteiger partial charge on any atom is -0.480 e. The van der Waals surface area contributed by atoms with Crippen molar-refractivity contribution < 1.29 is 23.8 Å². The second-order valence-electron chi connectivity index (χ2n) is 4.87. The highest BCUT2D eigenvalue weighted by molar-refractivity contribution is 5.97. The molecule has 1 heterocycles. The average molecular weight is 281 g/mol. The number of nitrogens with zero attached hydrogens (tertiary/aromatic N) is 1. The van der Waals surface area contributed by atoms with Crippen molar-refractivity contribution in [3.63, 3.8) is 0 Å². The van der Waals surface area contributed by atoms with Crippen LogP contribution in [0.5, 0.6) is 0 Å². The monoisotopic (exact) mass is 281 g/mol. The first-order valence-electron chi connectivity index (χ1n) is 6.26. The molecule has 1 aliphatic heterocycles. The van der Waals surface area contributed by atoms with Crippen molar-refractivity contribution >= 4 is 11.9 Å². The van der Waals surface area contributed by atoms with Crippen molar-refractivity contribution in [2.45, 2.75) is 25.5 Å². The zero-order valence-corrected chi connectivity index (χ0v) is 11.3. The number of carbonyl (C=O) groups excluding carboxylic acids is 1. The van der Waals surface area contributed by atoms with E-state index in [9.17, 15) is 14.0 Å². The van der Waals surface area contributed by atoms with Crippen LogP contribution in [-0.4, -0.2) is 47.7 Å². The van der Waals surface area contributed by atoms with Gasteiger partial charge in [-0.15, -0.1) is 0 Å². The van der Waals surface area contributed by atoms with E-state index >= 15 is 0 Å². The number of aryl methyl sites for hydroxylation is 1. The van der Waals surface area contributed by atoms with Crippen LogP contribution in [-0.2, 0) is 9.53 Å². The first kappa shape index (κ1) is 14.5. The Labute approximate surface area is 116 Å². The third-order valence-electron chi connectivity index (χ3n) is 3.56. The number of hydrogen-bond donors (Lipinski definition) is 1. The minimum atomic E-state index is -1.08. The highest BCUT2D eigenvalue weighted by Crippen LogP contribution is 2.23. The van der Waals surface area contributed by atoms with E-state index in [2.05, 4.69) is 0 Å². The second-order valence-corrected chi connectivity index (χ2v) is 4.87. The number of rotatable bonds is 3. The Morgan fingerprint density at radius 1 is 1.45 bits per heavy atom. The summed E-state index contributed by atoms with van der Waals surface area (Å²) in [4.78, 5) is 24.8. The summed E-state index contributed by atoms with van der Waals surface area (Å²) in [7, 11) is 1.48. The molecule has 108 valence electrons. The molecule has 1 aromatic rings. The second kappa shape index (κ2) is 5.58. The molecule has 2 rings (SSSR count). The number of ether oxygens (including phenoxy) is 1. The van der Waals surface area contributed by atoms with Gasteiger partial charge in [0.05, 0.1) is 6.10 Å². The number of carboxylic acid groups (broad SMARTS) is 1. The van der Waals surface area contributed by atoms with Crippen LogP contribution >= 0.6 is 0 Å². The summed E-state index contributed by atoms with van der Waals surface area (Å²) in [5.41, 5.74) is 0.587. The third kappa shape index (κ3) is 2.65. The van der Waals surface area contributed by atoms with Gasteiger partial charge in [-0.25, -0.2) is 9.18 Å². The number of carboxylic acids is 1. The van der Waals surface area contributed by atoms with E-state index in [1.54, 1.807) is 6.92 Å². The lowest BCUT2D eigenvalue weighted by Gasteiger charge is -2.21. The summed E-state index contributed by atoms with van der Waals surface area (Å²) in [6.45, 7) is 1.79. The number of amides is 1. The van der Waals surface area contributed by atoms with Gasteiger partial charge in [-0.2, -0.15) is 0 Å². The Kier molecular flexibility index (Phi) is 4.04. The van der Waals surface area contributed by atoms with Gasteiger partial charge in [-0.1, -0.05) is 6.07 Å². The zero-order valence-electron chi connectivity index (χ0n) is 11.3. The van der Waals surface area contributed by atoms with Gasteiger partial charge in [0.15, 0.2) is 0 Å². The van der Waals surface area contributed by atoms with Crippen LogP contribution in [0.15, 0.2) is 18.2 Å². The largest absolute Gasteiger partial charge is 0.480 e. The molecule has 0 saturated carbocycles. The summed E-state index contributed by atoms with van der Waals surface area (Å²) in [6.07, 6.45) is -0.0679. The van der Waals surface area contributed by atoms with Gasteiger partial charge in [-0.3, -0.25) is 4.79 Å². The maximum Gasteiger partial charge on any atom is 0.326 e. The van der Waals surface area contributed by atoms with Crippen LogP contribution in [0, 0.1) is 12.7 Å². The molecule has 1 amide bonds. The number of benzene rings is 1. The quantitative estimate of drug-likeness (QED) is 0.910. The van der Waals surface area contributed by atoms with Crippen LogP contribution in [0.4, 0.5) is 4.39 Å². The number of halogens is 1. The van der Waals surface area contributed by atoms with Gasteiger partial charge in [0.1, 0.15) is 11.9 Å². The van der Waals surface area contributed by atoms with Crippen molar-refractivity contribution in [3.8, 4) is 0 Å². The number of methoxy groups -OCH3 is 1. The summed E-state index contributed by atoms with van der Waals surface area (Å²) in [5, 5.41) is 9.17. The lowest BCUT2D eigenvalue weighted by atomic mass is 10.1. The molecule has 2 unspecified atom stereocenters.